The van der Waals surface area contributed by atoms with Crippen LogP contribution in [0.4, 0.5) is 0 Å². The lowest BCUT2D eigenvalue weighted by atomic mass is 9.96. The van der Waals surface area contributed by atoms with E-state index in [0.717, 1.165) is 16.7 Å². The molecule has 5 rings (SSSR count). The zero-order chi connectivity index (χ0) is 28.4. The van der Waals surface area contributed by atoms with Gasteiger partial charge in [0.2, 0.25) is 0 Å². The third kappa shape index (κ3) is 5.37. The molecule has 0 fully saturated rings. The zero-order valence-corrected chi connectivity index (χ0v) is 25.0. The molecule has 1 aliphatic heterocycles. The first-order valence-electron chi connectivity index (χ1n) is 12.2. The molecule has 0 aliphatic carbocycles. The number of halogens is 2. The molecule has 0 saturated heterocycles. The molecule has 0 saturated carbocycles. The van der Waals surface area contributed by atoms with Crippen molar-refractivity contribution in [2.75, 3.05) is 14.2 Å². The number of benzene rings is 3. The lowest BCUT2D eigenvalue weighted by Crippen LogP contribution is -2.39. The lowest BCUT2D eigenvalue weighted by Gasteiger charge is -2.24. The quantitative estimate of drug-likeness (QED) is 0.253. The third-order valence-corrected chi connectivity index (χ3v) is 8.36. The van der Waals surface area contributed by atoms with Gasteiger partial charge in [0.25, 0.3) is 5.56 Å². The second-order valence-corrected chi connectivity index (χ2v) is 11.2. The van der Waals surface area contributed by atoms with E-state index in [0.29, 0.717) is 41.6 Å². The first-order chi connectivity index (χ1) is 19.3. The van der Waals surface area contributed by atoms with E-state index in [1.165, 1.54) is 18.4 Å². The molecule has 1 aliphatic rings. The third-order valence-electron chi connectivity index (χ3n) is 6.42. The first-order valence-corrected chi connectivity index (χ1v) is 14.2. The molecule has 3 aromatic carbocycles. The van der Waals surface area contributed by atoms with Gasteiger partial charge in [-0.15, -0.1) is 0 Å². The molecule has 2 heterocycles. The van der Waals surface area contributed by atoms with Crippen LogP contribution >= 0.6 is 38.9 Å². The molecule has 0 amide bonds. The molecule has 4 aromatic rings. The highest BCUT2D eigenvalue weighted by molar-refractivity contribution is 9.10. The van der Waals surface area contributed by atoms with Crippen molar-refractivity contribution in [3.05, 3.63) is 124 Å². The lowest BCUT2D eigenvalue weighted by molar-refractivity contribution is -0.136. The summed E-state index contributed by atoms with van der Waals surface area (Å²) in [7, 11) is 2.88. The standard InChI is InChI=1S/C30H24BrClN2O5S/c1-17-25(29(36)38-3)26(19-9-5-4-6-10-19)34-28(35)24(40-30(34)33-17)15-18-13-21(31)27(23(14-18)37-2)39-16-20-11-7-8-12-22(20)32/h4-15,26H,16H2,1-3H3. The Balaban J connectivity index is 1.57. The maximum Gasteiger partial charge on any atom is 0.338 e. The van der Waals surface area contributed by atoms with Gasteiger partial charge in [-0.2, -0.15) is 0 Å². The molecule has 1 unspecified atom stereocenters. The molecular weight excluding hydrogens is 616 g/mol. The summed E-state index contributed by atoms with van der Waals surface area (Å²) >= 11 is 11.1. The number of carbonyl (C=O) groups is 1. The number of allylic oxidation sites excluding steroid dienone is 1. The number of fused-ring (bicyclic) bond motifs is 1. The highest BCUT2D eigenvalue weighted by atomic mass is 79.9. The predicted octanol–water partition coefficient (Wildman–Crippen LogP) is 5.41. The number of hydrogen-bond acceptors (Lipinski definition) is 7. The predicted molar refractivity (Wildman–Crippen MR) is 159 cm³/mol. The number of hydrogen-bond donors (Lipinski definition) is 0. The number of aromatic nitrogens is 1. The maximum absolute atomic E-state index is 13.8. The van der Waals surface area contributed by atoms with Crippen LogP contribution < -0.4 is 24.4 Å². The molecule has 0 N–H and O–H groups in total. The summed E-state index contributed by atoms with van der Waals surface area (Å²) in [5.74, 6) is 0.486. The van der Waals surface area contributed by atoms with E-state index in [2.05, 4.69) is 20.9 Å². The molecule has 204 valence electrons. The summed E-state index contributed by atoms with van der Waals surface area (Å²) in [6.45, 7) is 2.01. The summed E-state index contributed by atoms with van der Waals surface area (Å²) in [6, 6.07) is 19.8. The minimum absolute atomic E-state index is 0.258. The van der Waals surface area contributed by atoms with Crippen molar-refractivity contribution in [3.8, 4) is 11.5 Å². The van der Waals surface area contributed by atoms with Crippen molar-refractivity contribution in [2.24, 2.45) is 4.99 Å². The molecular formula is C30H24BrClN2O5S. The van der Waals surface area contributed by atoms with Crippen LogP contribution in [0.25, 0.3) is 6.08 Å². The Bertz CT molecular complexity index is 1810. The summed E-state index contributed by atoms with van der Waals surface area (Å²) in [5, 5.41) is 0.615. The van der Waals surface area contributed by atoms with Gasteiger partial charge in [0, 0.05) is 10.6 Å². The highest BCUT2D eigenvalue weighted by Crippen LogP contribution is 2.38. The fourth-order valence-corrected chi connectivity index (χ4v) is 6.33. The van der Waals surface area contributed by atoms with Crippen LogP contribution in [0.5, 0.6) is 11.5 Å². The van der Waals surface area contributed by atoms with Crippen molar-refractivity contribution in [2.45, 2.75) is 19.6 Å². The topological polar surface area (TPSA) is 79.1 Å². The van der Waals surface area contributed by atoms with Gasteiger partial charge in [0.05, 0.1) is 40.5 Å². The van der Waals surface area contributed by atoms with E-state index in [1.807, 2.05) is 60.7 Å². The smallest absolute Gasteiger partial charge is 0.338 e. The molecule has 1 atom stereocenters. The Morgan fingerprint density at radius 3 is 2.55 bits per heavy atom. The average molecular weight is 640 g/mol. The van der Waals surface area contributed by atoms with Crippen molar-refractivity contribution < 1.29 is 19.0 Å². The SMILES string of the molecule is COC(=O)C1=C(C)N=c2sc(=Cc3cc(Br)c(OCc4ccccc4Cl)c(OC)c3)c(=O)n2C1c1ccccc1. The van der Waals surface area contributed by atoms with Crippen LogP contribution in [0.3, 0.4) is 0 Å². The minimum atomic E-state index is -0.658. The van der Waals surface area contributed by atoms with E-state index in [-0.39, 0.29) is 12.2 Å². The van der Waals surface area contributed by atoms with Crippen LogP contribution in [0.15, 0.2) is 92.3 Å². The Hall–Kier alpha value is -3.66. The molecule has 10 heteroatoms. The Labute approximate surface area is 247 Å². The van der Waals surface area contributed by atoms with E-state index < -0.39 is 12.0 Å². The molecule has 0 bridgehead atoms. The fraction of sp³-hybridized carbons (Fsp3) is 0.167. The largest absolute Gasteiger partial charge is 0.493 e. The normalized spacial score (nSPS) is 14.9. The number of esters is 1. The summed E-state index contributed by atoms with van der Waals surface area (Å²) in [5.41, 5.74) is 2.93. The van der Waals surface area contributed by atoms with E-state index in [1.54, 1.807) is 30.7 Å². The number of methoxy groups -OCH3 is 2. The second kappa shape index (κ2) is 11.8. The van der Waals surface area contributed by atoms with E-state index >= 15 is 0 Å². The zero-order valence-electron chi connectivity index (χ0n) is 21.8. The fourth-order valence-electron chi connectivity index (χ4n) is 4.52. The number of nitrogens with zero attached hydrogens (tertiary/aromatic N) is 2. The molecule has 0 spiro atoms. The first kappa shape index (κ1) is 27.9. The maximum atomic E-state index is 13.8. The van der Waals surface area contributed by atoms with Gasteiger partial charge in [-0.25, -0.2) is 9.79 Å². The van der Waals surface area contributed by atoms with Gasteiger partial charge in [-0.05, 0) is 58.3 Å². The van der Waals surface area contributed by atoms with Crippen molar-refractivity contribution >= 4 is 50.9 Å². The number of thiazole rings is 1. The van der Waals surface area contributed by atoms with Gasteiger partial charge >= 0.3 is 5.97 Å². The van der Waals surface area contributed by atoms with Gasteiger partial charge in [-0.3, -0.25) is 9.36 Å². The summed E-state index contributed by atoms with van der Waals surface area (Å²) in [6.07, 6.45) is 1.77. The second-order valence-electron chi connectivity index (χ2n) is 8.90. The van der Waals surface area contributed by atoms with Crippen LogP contribution in [0.2, 0.25) is 5.02 Å². The minimum Gasteiger partial charge on any atom is -0.493 e. The Morgan fingerprint density at radius 2 is 1.85 bits per heavy atom. The Kier molecular flexibility index (Phi) is 8.25. The molecule has 1 aromatic heterocycles. The Morgan fingerprint density at radius 1 is 1.12 bits per heavy atom. The average Bonchev–Trinajstić information content (AvgIpc) is 3.26. The van der Waals surface area contributed by atoms with Crippen LogP contribution in [-0.4, -0.2) is 24.8 Å². The van der Waals surface area contributed by atoms with Crippen LogP contribution in [0, 0.1) is 0 Å². The van der Waals surface area contributed by atoms with Gasteiger partial charge in [-0.1, -0.05) is 71.5 Å². The van der Waals surface area contributed by atoms with Gasteiger partial charge < -0.3 is 14.2 Å². The van der Waals surface area contributed by atoms with Crippen LogP contribution in [0.1, 0.15) is 29.7 Å². The molecule has 0 radical (unpaired) electrons. The van der Waals surface area contributed by atoms with Crippen molar-refractivity contribution in [1.29, 1.82) is 0 Å². The van der Waals surface area contributed by atoms with E-state index in [9.17, 15) is 9.59 Å². The van der Waals surface area contributed by atoms with Crippen molar-refractivity contribution in [3.63, 3.8) is 0 Å². The molecule has 40 heavy (non-hydrogen) atoms. The summed E-state index contributed by atoms with van der Waals surface area (Å²) < 4.78 is 19.4. The van der Waals surface area contributed by atoms with Crippen molar-refractivity contribution in [1.82, 2.24) is 4.57 Å². The van der Waals surface area contributed by atoms with Gasteiger partial charge in [0.1, 0.15) is 6.61 Å². The number of ether oxygens (including phenoxy) is 3. The van der Waals surface area contributed by atoms with Gasteiger partial charge in [0.15, 0.2) is 16.3 Å². The summed E-state index contributed by atoms with van der Waals surface area (Å²) in [4.78, 5) is 31.7. The number of rotatable bonds is 7. The van der Waals surface area contributed by atoms with E-state index in [4.69, 9.17) is 25.8 Å². The number of carbonyl (C=O) groups excluding carboxylic acids is 1. The molecule has 7 nitrogen and oxygen atoms in total. The highest BCUT2D eigenvalue weighted by Gasteiger charge is 2.32. The van der Waals surface area contributed by atoms with Crippen LogP contribution in [-0.2, 0) is 16.1 Å². The monoisotopic (exact) mass is 638 g/mol.